The van der Waals surface area contributed by atoms with Crippen molar-refractivity contribution in [2.45, 2.75) is 37.3 Å². The lowest BCUT2D eigenvalue weighted by atomic mass is 9.81. The SMILES string of the molecule is O=C(N[C@H]1COC[C@H]1Oc1cn[nH]c1)c1cc[nH]c1C1CCC1. The number of aromatic amines is 2. The van der Waals surface area contributed by atoms with Gasteiger partial charge < -0.3 is 19.8 Å². The number of aromatic nitrogens is 3. The summed E-state index contributed by atoms with van der Waals surface area (Å²) in [4.78, 5) is 15.8. The summed E-state index contributed by atoms with van der Waals surface area (Å²) >= 11 is 0. The van der Waals surface area contributed by atoms with E-state index in [4.69, 9.17) is 9.47 Å². The molecule has 1 aliphatic heterocycles. The molecule has 0 bridgehead atoms. The van der Waals surface area contributed by atoms with Gasteiger partial charge in [0.2, 0.25) is 0 Å². The number of carbonyl (C=O) groups is 1. The quantitative estimate of drug-likeness (QED) is 0.781. The minimum atomic E-state index is -0.206. The number of ether oxygens (including phenoxy) is 2. The zero-order valence-electron chi connectivity index (χ0n) is 12.7. The van der Waals surface area contributed by atoms with Crippen LogP contribution in [-0.4, -0.2) is 46.4 Å². The topological polar surface area (TPSA) is 92.0 Å². The fraction of sp³-hybridized carbons (Fsp3) is 0.500. The summed E-state index contributed by atoms with van der Waals surface area (Å²) in [6.45, 7) is 0.913. The molecule has 2 aromatic heterocycles. The second-order valence-corrected chi connectivity index (χ2v) is 6.14. The molecule has 2 aromatic rings. The molecule has 3 heterocycles. The maximum atomic E-state index is 12.6. The van der Waals surface area contributed by atoms with Gasteiger partial charge in [0, 0.05) is 11.9 Å². The third-order valence-corrected chi connectivity index (χ3v) is 4.64. The molecule has 1 saturated heterocycles. The largest absolute Gasteiger partial charge is 0.482 e. The van der Waals surface area contributed by atoms with E-state index in [2.05, 4.69) is 20.5 Å². The summed E-state index contributed by atoms with van der Waals surface area (Å²) < 4.78 is 11.3. The normalized spacial score (nSPS) is 24.3. The predicted octanol–water partition coefficient (Wildman–Crippen LogP) is 1.58. The van der Waals surface area contributed by atoms with E-state index < -0.39 is 0 Å². The lowest BCUT2D eigenvalue weighted by molar-refractivity contribution is 0.0902. The summed E-state index contributed by atoms with van der Waals surface area (Å²) in [5, 5.41) is 9.61. The van der Waals surface area contributed by atoms with E-state index in [1.165, 1.54) is 6.42 Å². The summed E-state index contributed by atoms with van der Waals surface area (Å²) in [6.07, 6.45) is 8.46. The molecule has 4 rings (SSSR count). The molecule has 2 atom stereocenters. The van der Waals surface area contributed by atoms with Gasteiger partial charge in [0.25, 0.3) is 5.91 Å². The van der Waals surface area contributed by atoms with Gasteiger partial charge in [0.05, 0.1) is 37.2 Å². The highest BCUT2D eigenvalue weighted by Crippen LogP contribution is 2.37. The van der Waals surface area contributed by atoms with Crippen LogP contribution in [0.4, 0.5) is 0 Å². The van der Waals surface area contributed by atoms with Crippen LogP contribution in [0.1, 0.15) is 41.2 Å². The first-order valence-electron chi connectivity index (χ1n) is 8.02. The van der Waals surface area contributed by atoms with Gasteiger partial charge >= 0.3 is 0 Å². The van der Waals surface area contributed by atoms with E-state index >= 15 is 0 Å². The van der Waals surface area contributed by atoms with E-state index in [0.717, 1.165) is 24.1 Å². The van der Waals surface area contributed by atoms with Crippen LogP contribution in [0.5, 0.6) is 5.75 Å². The number of hydrogen-bond acceptors (Lipinski definition) is 4. The molecule has 7 nitrogen and oxygen atoms in total. The number of hydrogen-bond donors (Lipinski definition) is 3. The van der Waals surface area contributed by atoms with Crippen LogP contribution in [0, 0.1) is 0 Å². The van der Waals surface area contributed by atoms with Crippen molar-refractivity contribution in [3.05, 3.63) is 35.9 Å². The van der Waals surface area contributed by atoms with Crippen molar-refractivity contribution in [1.82, 2.24) is 20.5 Å². The third kappa shape index (κ3) is 2.84. The highest BCUT2D eigenvalue weighted by Gasteiger charge is 2.33. The summed E-state index contributed by atoms with van der Waals surface area (Å²) in [7, 11) is 0. The second-order valence-electron chi connectivity index (χ2n) is 6.14. The minimum Gasteiger partial charge on any atom is -0.482 e. The highest BCUT2D eigenvalue weighted by molar-refractivity contribution is 5.95. The number of amides is 1. The van der Waals surface area contributed by atoms with Crippen LogP contribution in [-0.2, 0) is 4.74 Å². The molecule has 2 fully saturated rings. The van der Waals surface area contributed by atoms with Gasteiger partial charge in [0.1, 0.15) is 6.10 Å². The van der Waals surface area contributed by atoms with Crippen molar-refractivity contribution in [3.8, 4) is 5.75 Å². The average Bonchev–Trinajstić information content (AvgIpc) is 3.20. The number of carbonyl (C=O) groups excluding carboxylic acids is 1. The number of nitrogens with zero attached hydrogens (tertiary/aromatic N) is 1. The van der Waals surface area contributed by atoms with Gasteiger partial charge in [0.15, 0.2) is 5.75 Å². The fourth-order valence-corrected chi connectivity index (χ4v) is 3.12. The standard InChI is InChI=1S/C16H20N4O3/c21-16(12-4-5-17-15(12)10-2-1-3-10)20-13-8-22-9-14(13)23-11-6-18-19-7-11/h4-7,10,13-14,17H,1-3,8-9H2,(H,18,19)(H,20,21)/t13-,14+/m0/s1. The van der Waals surface area contributed by atoms with E-state index in [0.29, 0.717) is 24.9 Å². The van der Waals surface area contributed by atoms with Crippen LogP contribution >= 0.6 is 0 Å². The van der Waals surface area contributed by atoms with E-state index in [1.807, 2.05) is 12.3 Å². The van der Waals surface area contributed by atoms with Crippen LogP contribution < -0.4 is 10.1 Å². The maximum Gasteiger partial charge on any atom is 0.253 e. The zero-order chi connectivity index (χ0) is 15.6. The summed E-state index contributed by atoms with van der Waals surface area (Å²) in [5.41, 5.74) is 1.80. The van der Waals surface area contributed by atoms with Crippen molar-refractivity contribution in [1.29, 1.82) is 0 Å². The summed E-state index contributed by atoms with van der Waals surface area (Å²) in [5.74, 6) is 1.07. The van der Waals surface area contributed by atoms with E-state index in [9.17, 15) is 4.79 Å². The zero-order valence-corrected chi connectivity index (χ0v) is 12.7. The van der Waals surface area contributed by atoms with E-state index in [1.54, 1.807) is 12.4 Å². The molecule has 3 N–H and O–H groups in total. The first kappa shape index (κ1) is 14.3. The Morgan fingerprint density at radius 3 is 3.04 bits per heavy atom. The Labute approximate surface area is 133 Å². The maximum absolute atomic E-state index is 12.6. The molecule has 1 saturated carbocycles. The lowest BCUT2D eigenvalue weighted by Crippen LogP contribution is -2.45. The first-order chi connectivity index (χ1) is 11.3. The van der Waals surface area contributed by atoms with Crippen LogP contribution in [0.25, 0.3) is 0 Å². The van der Waals surface area contributed by atoms with Crippen molar-refractivity contribution in [2.24, 2.45) is 0 Å². The molecule has 0 radical (unpaired) electrons. The molecular formula is C16H20N4O3. The number of nitrogens with one attached hydrogen (secondary N) is 3. The van der Waals surface area contributed by atoms with E-state index in [-0.39, 0.29) is 18.1 Å². The van der Waals surface area contributed by atoms with Gasteiger partial charge in [-0.2, -0.15) is 5.10 Å². The molecule has 1 aliphatic carbocycles. The Morgan fingerprint density at radius 1 is 1.39 bits per heavy atom. The molecule has 7 heteroatoms. The molecule has 1 amide bonds. The van der Waals surface area contributed by atoms with Crippen LogP contribution in [0.3, 0.4) is 0 Å². The Hall–Kier alpha value is -2.28. The Bertz CT molecular complexity index is 663. The summed E-state index contributed by atoms with van der Waals surface area (Å²) in [6, 6.07) is 1.69. The Balaban J connectivity index is 1.42. The number of H-pyrrole nitrogens is 2. The highest BCUT2D eigenvalue weighted by atomic mass is 16.5. The Kier molecular flexibility index (Phi) is 3.78. The molecule has 23 heavy (non-hydrogen) atoms. The van der Waals surface area contributed by atoms with Crippen molar-refractivity contribution in [2.75, 3.05) is 13.2 Å². The van der Waals surface area contributed by atoms with Crippen molar-refractivity contribution >= 4 is 5.91 Å². The molecule has 2 aliphatic rings. The first-order valence-corrected chi connectivity index (χ1v) is 8.02. The predicted molar refractivity (Wildman–Crippen MR) is 82.5 cm³/mol. The fourth-order valence-electron chi connectivity index (χ4n) is 3.12. The van der Waals surface area contributed by atoms with Gasteiger partial charge in [-0.1, -0.05) is 6.42 Å². The molecule has 0 spiro atoms. The average molecular weight is 316 g/mol. The Morgan fingerprint density at radius 2 is 2.30 bits per heavy atom. The number of rotatable bonds is 5. The van der Waals surface area contributed by atoms with Gasteiger partial charge in [-0.3, -0.25) is 9.89 Å². The minimum absolute atomic E-state index is 0.0653. The second kappa shape index (κ2) is 6.08. The molecule has 0 unspecified atom stereocenters. The van der Waals surface area contributed by atoms with Gasteiger partial charge in [-0.15, -0.1) is 0 Å². The van der Waals surface area contributed by atoms with Crippen LogP contribution in [0.15, 0.2) is 24.7 Å². The van der Waals surface area contributed by atoms with Crippen molar-refractivity contribution < 1.29 is 14.3 Å². The van der Waals surface area contributed by atoms with Crippen LogP contribution in [0.2, 0.25) is 0 Å². The molecule has 0 aromatic carbocycles. The lowest BCUT2D eigenvalue weighted by Gasteiger charge is -2.26. The van der Waals surface area contributed by atoms with Gasteiger partial charge in [-0.05, 0) is 24.8 Å². The molecule has 122 valence electrons. The molecular weight excluding hydrogens is 296 g/mol. The van der Waals surface area contributed by atoms with Gasteiger partial charge in [-0.25, -0.2) is 0 Å². The smallest absolute Gasteiger partial charge is 0.253 e. The van der Waals surface area contributed by atoms with Crippen molar-refractivity contribution in [3.63, 3.8) is 0 Å². The third-order valence-electron chi connectivity index (χ3n) is 4.64. The monoisotopic (exact) mass is 316 g/mol.